The first-order valence-electron chi connectivity index (χ1n) is 7.56. The topological polar surface area (TPSA) is 69.0 Å². The summed E-state index contributed by atoms with van der Waals surface area (Å²) in [5.41, 5.74) is 3.02. The second-order valence-corrected chi connectivity index (χ2v) is 6.15. The van der Waals surface area contributed by atoms with E-state index < -0.39 is 0 Å². The molecule has 0 bridgehead atoms. The first kappa shape index (κ1) is 16.0. The van der Waals surface area contributed by atoms with Gasteiger partial charge in [0.15, 0.2) is 0 Å². The van der Waals surface area contributed by atoms with E-state index in [9.17, 15) is 4.79 Å². The first-order valence-corrected chi connectivity index (χ1v) is 7.94. The minimum absolute atomic E-state index is 0.0680. The van der Waals surface area contributed by atoms with E-state index in [1.165, 1.54) is 0 Å². The SMILES string of the molecule is C[C@@H]1Cc2c(nn(C)c2C(=O)NCc2ncccc2Cl)[C@H](C)O1. The van der Waals surface area contributed by atoms with Gasteiger partial charge >= 0.3 is 0 Å². The molecule has 1 amide bonds. The number of halogens is 1. The lowest BCUT2D eigenvalue weighted by Crippen LogP contribution is -2.28. The van der Waals surface area contributed by atoms with Crippen molar-refractivity contribution in [2.24, 2.45) is 7.05 Å². The fraction of sp³-hybridized carbons (Fsp3) is 0.438. The number of hydrogen-bond donors (Lipinski definition) is 1. The molecule has 1 N–H and O–H groups in total. The van der Waals surface area contributed by atoms with Crippen LogP contribution in [0.2, 0.25) is 5.02 Å². The van der Waals surface area contributed by atoms with E-state index in [1.54, 1.807) is 30.1 Å². The van der Waals surface area contributed by atoms with Crippen molar-refractivity contribution in [2.45, 2.75) is 39.0 Å². The maximum atomic E-state index is 12.6. The van der Waals surface area contributed by atoms with E-state index in [0.717, 1.165) is 11.3 Å². The normalized spacial score (nSPS) is 20.2. The van der Waals surface area contributed by atoms with Gasteiger partial charge in [0.05, 0.1) is 35.2 Å². The Kier molecular flexibility index (Phi) is 4.37. The summed E-state index contributed by atoms with van der Waals surface area (Å²) in [7, 11) is 1.78. The minimum atomic E-state index is -0.177. The Balaban J connectivity index is 1.82. The Morgan fingerprint density at radius 2 is 2.30 bits per heavy atom. The van der Waals surface area contributed by atoms with Crippen LogP contribution in [0.3, 0.4) is 0 Å². The van der Waals surface area contributed by atoms with Crippen molar-refractivity contribution in [2.75, 3.05) is 0 Å². The van der Waals surface area contributed by atoms with E-state index in [-0.39, 0.29) is 24.7 Å². The molecule has 0 aliphatic carbocycles. The van der Waals surface area contributed by atoms with Gasteiger partial charge in [0.25, 0.3) is 5.91 Å². The smallest absolute Gasteiger partial charge is 0.270 e. The van der Waals surface area contributed by atoms with Gasteiger partial charge in [-0.15, -0.1) is 0 Å². The number of fused-ring (bicyclic) bond motifs is 1. The predicted octanol–water partition coefficient (Wildman–Crippen LogP) is 2.42. The van der Waals surface area contributed by atoms with Gasteiger partial charge in [-0.1, -0.05) is 11.6 Å². The fourth-order valence-corrected chi connectivity index (χ4v) is 3.13. The first-order chi connectivity index (χ1) is 11.0. The van der Waals surface area contributed by atoms with Crippen LogP contribution in [0.5, 0.6) is 0 Å². The highest BCUT2D eigenvalue weighted by Gasteiger charge is 2.31. The number of hydrogen-bond acceptors (Lipinski definition) is 4. The summed E-state index contributed by atoms with van der Waals surface area (Å²) in [6.45, 7) is 4.23. The molecular weight excluding hydrogens is 316 g/mol. The highest BCUT2D eigenvalue weighted by Crippen LogP contribution is 2.31. The molecule has 1 aliphatic heterocycles. The molecule has 2 aromatic heterocycles. The number of aryl methyl sites for hydroxylation is 1. The molecule has 0 saturated heterocycles. The third kappa shape index (κ3) is 3.09. The molecule has 2 atom stereocenters. The third-order valence-electron chi connectivity index (χ3n) is 3.96. The van der Waals surface area contributed by atoms with Crippen LogP contribution in [0, 0.1) is 0 Å². The molecule has 0 radical (unpaired) electrons. The van der Waals surface area contributed by atoms with Crippen molar-refractivity contribution < 1.29 is 9.53 Å². The van der Waals surface area contributed by atoms with Crippen molar-refractivity contribution in [3.63, 3.8) is 0 Å². The number of ether oxygens (including phenoxy) is 1. The number of carbonyl (C=O) groups is 1. The molecule has 7 heteroatoms. The highest BCUT2D eigenvalue weighted by molar-refractivity contribution is 6.31. The number of amides is 1. The second-order valence-electron chi connectivity index (χ2n) is 5.74. The van der Waals surface area contributed by atoms with Crippen molar-refractivity contribution in [1.82, 2.24) is 20.1 Å². The number of pyridine rings is 1. The highest BCUT2D eigenvalue weighted by atomic mass is 35.5. The molecule has 0 saturated carbocycles. The van der Waals surface area contributed by atoms with Gasteiger partial charge in [0, 0.05) is 25.2 Å². The van der Waals surface area contributed by atoms with Gasteiger partial charge in [-0.2, -0.15) is 5.10 Å². The number of rotatable bonds is 3. The van der Waals surface area contributed by atoms with Gasteiger partial charge in [0.2, 0.25) is 0 Å². The molecule has 122 valence electrons. The Hall–Kier alpha value is -1.92. The van der Waals surface area contributed by atoms with Crippen LogP contribution in [0.1, 0.15) is 47.4 Å². The average Bonchev–Trinajstić information content (AvgIpc) is 2.83. The minimum Gasteiger partial charge on any atom is -0.369 e. The average molecular weight is 335 g/mol. The molecule has 3 heterocycles. The monoisotopic (exact) mass is 334 g/mol. The molecule has 3 rings (SSSR count). The third-order valence-corrected chi connectivity index (χ3v) is 4.30. The lowest BCUT2D eigenvalue weighted by molar-refractivity contribution is -0.00710. The fourth-order valence-electron chi connectivity index (χ4n) is 2.95. The van der Waals surface area contributed by atoms with Crippen LogP contribution < -0.4 is 5.32 Å². The van der Waals surface area contributed by atoms with E-state index in [0.29, 0.717) is 22.8 Å². The zero-order chi connectivity index (χ0) is 16.6. The Morgan fingerprint density at radius 1 is 1.52 bits per heavy atom. The summed E-state index contributed by atoms with van der Waals surface area (Å²) in [6, 6.07) is 3.51. The molecular formula is C16H19ClN4O2. The summed E-state index contributed by atoms with van der Waals surface area (Å²) in [6.07, 6.45) is 2.30. The van der Waals surface area contributed by atoms with E-state index >= 15 is 0 Å². The summed E-state index contributed by atoms with van der Waals surface area (Å²) in [4.78, 5) is 16.8. The zero-order valence-electron chi connectivity index (χ0n) is 13.3. The second kappa shape index (κ2) is 6.29. The standard InChI is InChI=1S/C16H19ClN4O2/c1-9-7-11-14(10(2)23-9)20-21(3)15(11)16(22)19-8-13-12(17)5-4-6-18-13/h4-6,9-10H,7-8H2,1-3H3,(H,19,22)/t9-,10+/m1/s1. The van der Waals surface area contributed by atoms with Crippen molar-refractivity contribution in [1.29, 1.82) is 0 Å². The largest absolute Gasteiger partial charge is 0.369 e. The van der Waals surface area contributed by atoms with E-state index in [1.807, 2.05) is 13.8 Å². The van der Waals surface area contributed by atoms with Crippen molar-refractivity contribution >= 4 is 17.5 Å². The van der Waals surface area contributed by atoms with Gasteiger partial charge in [-0.25, -0.2) is 0 Å². The Labute approximate surface area is 139 Å². The van der Waals surface area contributed by atoms with Crippen LogP contribution in [0.15, 0.2) is 18.3 Å². The Bertz CT molecular complexity index is 744. The number of aromatic nitrogens is 3. The van der Waals surface area contributed by atoms with Crippen LogP contribution in [-0.4, -0.2) is 26.8 Å². The van der Waals surface area contributed by atoms with Gasteiger partial charge < -0.3 is 10.1 Å². The van der Waals surface area contributed by atoms with Gasteiger partial charge in [-0.3, -0.25) is 14.5 Å². The van der Waals surface area contributed by atoms with Crippen LogP contribution in [0.25, 0.3) is 0 Å². The summed E-state index contributed by atoms with van der Waals surface area (Å²) < 4.78 is 7.39. The Morgan fingerprint density at radius 3 is 3.04 bits per heavy atom. The molecule has 0 fully saturated rings. The molecule has 6 nitrogen and oxygen atoms in total. The van der Waals surface area contributed by atoms with E-state index in [2.05, 4.69) is 15.4 Å². The molecule has 0 aromatic carbocycles. The molecule has 0 spiro atoms. The maximum Gasteiger partial charge on any atom is 0.270 e. The number of carbonyl (C=O) groups excluding carboxylic acids is 1. The van der Waals surface area contributed by atoms with Crippen LogP contribution in [0.4, 0.5) is 0 Å². The van der Waals surface area contributed by atoms with E-state index in [4.69, 9.17) is 16.3 Å². The van der Waals surface area contributed by atoms with Crippen LogP contribution >= 0.6 is 11.6 Å². The summed E-state index contributed by atoms with van der Waals surface area (Å²) >= 11 is 6.07. The summed E-state index contributed by atoms with van der Waals surface area (Å²) in [5, 5.41) is 7.86. The lowest BCUT2D eigenvalue weighted by atomic mass is 9.99. The van der Waals surface area contributed by atoms with Crippen LogP contribution in [-0.2, 0) is 24.8 Å². The molecule has 1 aliphatic rings. The number of nitrogens with zero attached hydrogens (tertiary/aromatic N) is 3. The molecule has 2 aromatic rings. The zero-order valence-corrected chi connectivity index (χ0v) is 14.1. The van der Waals surface area contributed by atoms with Crippen molar-refractivity contribution in [3.05, 3.63) is 46.0 Å². The maximum absolute atomic E-state index is 12.6. The van der Waals surface area contributed by atoms with Gasteiger partial charge in [-0.05, 0) is 26.0 Å². The lowest BCUT2D eigenvalue weighted by Gasteiger charge is -2.24. The summed E-state index contributed by atoms with van der Waals surface area (Å²) in [5.74, 6) is -0.177. The van der Waals surface area contributed by atoms with Gasteiger partial charge in [0.1, 0.15) is 5.69 Å². The van der Waals surface area contributed by atoms with Crippen molar-refractivity contribution in [3.8, 4) is 0 Å². The molecule has 23 heavy (non-hydrogen) atoms. The predicted molar refractivity (Wildman–Crippen MR) is 86.3 cm³/mol. The quantitative estimate of drug-likeness (QED) is 0.936. The molecule has 0 unspecified atom stereocenters. The number of nitrogens with one attached hydrogen (secondary N) is 1.